The summed E-state index contributed by atoms with van der Waals surface area (Å²) >= 11 is 0. The molecule has 7 heteroatoms. The Hall–Kier alpha value is -2.67. The highest BCUT2D eigenvalue weighted by atomic mass is 16.5. The Morgan fingerprint density at radius 1 is 1.38 bits per heavy atom. The molecule has 0 aliphatic heterocycles. The van der Waals surface area contributed by atoms with Crippen molar-refractivity contribution < 1.29 is 9.84 Å². The number of aromatic nitrogens is 4. The van der Waals surface area contributed by atoms with Crippen LogP contribution in [0.4, 0.5) is 0 Å². The Morgan fingerprint density at radius 3 is 2.95 bits per heavy atom. The average Bonchev–Trinajstić information content (AvgIpc) is 2.84. The van der Waals surface area contributed by atoms with Crippen molar-refractivity contribution in [3.05, 3.63) is 58.4 Å². The summed E-state index contributed by atoms with van der Waals surface area (Å²) in [5, 5.41) is 13.4. The van der Waals surface area contributed by atoms with Crippen molar-refractivity contribution in [2.24, 2.45) is 0 Å². The lowest BCUT2D eigenvalue weighted by molar-refractivity contribution is 0.281. The van der Waals surface area contributed by atoms with Gasteiger partial charge < -0.3 is 9.84 Å². The van der Waals surface area contributed by atoms with Gasteiger partial charge in [0.05, 0.1) is 26.5 Å². The number of aliphatic hydroxyl groups excluding tert-OH is 1. The second-order valence-electron chi connectivity index (χ2n) is 4.55. The first kappa shape index (κ1) is 13.3. The van der Waals surface area contributed by atoms with E-state index in [4.69, 9.17) is 4.74 Å². The van der Waals surface area contributed by atoms with E-state index in [0.29, 0.717) is 11.4 Å². The standard InChI is InChI=1S/C14H14N4O3/c1-21-12-3-2-10(9-19)6-11(12)8-18-14(20)17-5-4-15-7-13(17)16-18/h2-7,19H,8-9H2,1H3. The molecule has 21 heavy (non-hydrogen) atoms. The number of methoxy groups -OCH3 is 1. The zero-order chi connectivity index (χ0) is 14.8. The number of benzene rings is 1. The third-order valence-electron chi connectivity index (χ3n) is 3.24. The number of ether oxygens (including phenoxy) is 1. The van der Waals surface area contributed by atoms with Gasteiger partial charge in [0.15, 0.2) is 5.65 Å². The van der Waals surface area contributed by atoms with Crippen molar-refractivity contribution >= 4 is 5.65 Å². The van der Waals surface area contributed by atoms with Gasteiger partial charge in [-0.1, -0.05) is 6.07 Å². The number of hydrogen-bond donors (Lipinski definition) is 1. The lowest BCUT2D eigenvalue weighted by atomic mass is 10.1. The highest BCUT2D eigenvalue weighted by molar-refractivity contribution is 5.38. The van der Waals surface area contributed by atoms with Crippen LogP contribution < -0.4 is 10.4 Å². The fourth-order valence-electron chi connectivity index (χ4n) is 2.20. The molecule has 0 aliphatic carbocycles. The number of hydrogen-bond acceptors (Lipinski definition) is 5. The summed E-state index contributed by atoms with van der Waals surface area (Å²) in [7, 11) is 1.56. The van der Waals surface area contributed by atoms with E-state index in [1.165, 1.54) is 21.5 Å². The molecule has 3 aromatic rings. The average molecular weight is 286 g/mol. The molecule has 2 aromatic heterocycles. The first-order valence-corrected chi connectivity index (χ1v) is 6.39. The molecule has 0 radical (unpaired) electrons. The first-order valence-electron chi connectivity index (χ1n) is 6.39. The highest BCUT2D eigenvalue weighted by Crippen LogP contribution is 2.20. The first-order chi connectivity index (χ1) is 10.2. The Kier molecular flexibility index (Phi) is 3.41. The molecule has 0 unspecified atom stereocenters. The highest BCUT2D eigenvalue weighted by Gasteiger charge is 2.10. The van der Waals surface area contributed by atoms with Crippen LogP contribution in [0.2, 0.25) is 0 Å². The van der Waals surface area contributed by atoms with Crippen molar-refractivity contribution in [2.45, 2.75) is 13.2 Å². The molecule has 1 N–H and O–H groups in total. The number of fused-ring (bicyclic) bond motifs is 1. The topological polar surface area (TPSA) is 81.7 Å². The summed E-state index contributed by atoms with van der Waals surface area (Å²) in [5.41, 5.74) is 1.77. The van der Waals surface area contributed by atoms with Crippen LogP contribution in [0.1, 0.15) is 11.1 Å². The molecule has 108 valence electrons. The van der Waals surface area contributed by atoms with Gasteiger partial charge in [0.1, 0.15) is 5.75 Å². The van der Waals surface area contributed by atoms with Crippen LogP contribution in [-0.4, -0.2) is 31.4 Å². The zero-order valence-electron chi connectivity index (χ0n) is 11.4. The molecular formula is C14H14N4O3. The van der Waals surface area contributed by atoms with Crippen LogP contribution in [0.15, 0.2) is 41.6 Å². The molecule has 0 amide bonds. The lowest BCUT2D eigenvalue weighted by Crippen LogP contribution is -2.22. The largest absolute Gasteiger partial charge is 0.496 e. The third-order valence-corrected chi connectivity index (χ3v) is 3.24. The smallest absolute Gasteiger partial charge is 0.350 e. The minimum absolute atomic E-state index is 0.0685. The summed E-state index contributed by atoms with van der Waals surface area (Å²) in [5.74, 6) is 0.647. The van der Waals surface area contributed by atoms with Gasteiger partial charge in [0.25, 0.3) is 0 Å². The third kappa shape index (κ3) is 2.38. The van der Waals surface area contributed by atoms with E-state index in [9.17, 15) is 9.90 Å². The Bertz CT molecular complexity index is 838. The van der Waals surface area contributed by atoms with Crippen LogP contribution >= 0.6 is 0 Å². The molecule has 0 atom stereocenters. The van der Waals surface area contributed by atoms with Crippen LogP contribution in [0.25, 0.3) is 5.65 Å². The van der Waals surface area contributed by atoms with Crippen LogP contribution in [0.3, 0.4) is 0 Å². The van der Waals surface area contributed by atoms with Gasteiger partial charge in [0, 0.05) is 18.0 Å². The monoisotopic (exact) mass is 286 g/mol. The SMILES string of the molecule is COc1ccc(CO)cc1Cn1nc2cnccn2c1=O. The van der Waals surface area contributed by atoms with Crippen LogP contribution in [0, 0.1) is 0 Å². The van der Waals surface area contributed by atoms with Gasteiger partial charge in [-0.2, -0.15) is 0 Å². The maximum absolute atomic E-state index is 12.2. The van der Waals surface area contributed by atoms with Gasteiger partial charge in [-0.15, -0.1) is 5.10 Å². The maximum Gasteiger partial charge on any atom is 0.350 e. The second-order valence-corrected chi connectivity index (χ2v) is 4.55. The molecular weight excluding hydrogens is 272 g/mol. The molecule has 0 fully saturated rings. The van der Waals surface area contributed by atoms with Crippen molar-refractivity contribution in [3.63, 3.8) is 0 Å². The second kappa shape index (κ2) is 5.37. The summed E-state index contributed by atoms with van der Waals surface area (Å²) < 4.78 is 8.06. The molecule has 2 heterocycles. The van der Waals surface area contributed by atoms with E-state index < -0.39 is 0 Å². The molecule has 7 nitrogen and oxygen atoms in total. The number of aliphatic hydroxyl groups is 1. The summed E-state index contributed by atoms with van der Waals surface area (Å²) in [6.45, 7) is 0.193. The number of nitrogens with zero attached hydrogens (tertiary/aromatic N) is 4. The molecule has 0 aliphatic rings. The van der Waals surface area contributed by atoms with Gasteiger partial charge in [-0.25, -0.2) is 13.9 Å². The molecule has 1 aromatic carbocycles. The minimum Gasteiger partial charge on any atom is -0.496 e. The van der Waals surface area contributed by atoms with Crippen molar-refractivity contribution in [1.29, 1.82) is 0 Å². The predicted octanol–water partition coefficient (Wildman–Crippen LogP) is 0.440. The fraction of sp³-hybridized carbons (Fsp3) is 0.214. The van der Waals surface area contributed by atoms with Crippen LogP contribution in [0.5, 0.6) is 5.75 Å². The summed E-state index contributed by atoms with van der Waals surface area (Å²) in [6.07, 6.45) is 4.63. The summed E-state index contributed by atoms with van der Waals surface area (Å²) in [4.78, 5) is 16.2. The molecule has 0 bridgehead atoms. The lowest BCUT2D eigenvalue weighted by Gasteiger charge is -2.09. The Morgan fingerprint density at radius 2 is 2.24 bits per heavy atom. The molecule has 0 saturated heterocycles. The predicted molar refractivity (Wildman–Crippen MR) is 75.3 cm³/mol. The Balaban J connectivity index is 2.06. The zero-order valence-corrected chi connectivity index (χ0v) is 11.4. The van der Waals surface area contributed by atoms with Gasteiger partial charge in [-0.05, 0) is 17.7 Å². The van der Waals surface area contributed by atoms with E-state index in [1.807, 2.05) is 0 Å². The normalized spacial score (nSPS) is 11.0. The van der Waals surface area contributed by atoms with E-state index in [-0.39, 0.29) is 18.8 Å². The number of rotatable bonds is 4. The minimum atomic E-state index is -0.246. The van der Waals surface area contributed by atoms with E-state index in [0.717, 1.165) is 11.1 Å². The summed E-state index contributed by atoms with van der Waals surface area (Å²) in [6, 6.07) is 5.34. The van der Waals surface area contributed by atoms with Crippen LogP contribution in [-0.2, 0) is 13.2 Å². The van der Waals surface area contributed by atoms with Crippen molar-refractivity contribution in [3.8, 4) is 5.75 Å². The molecule has 0 spiro atoms. The van der Waals surface area contributed by atoms with E-state index >= 15 is 0 Å². The maximum atomic E-state index is 12.2. The van der Waals surface area contributed by atoms with Crippen molar-refractivity contribution in [2.75, 3.05) is 7.11 Å². The molecule has 3 rings (SSSR count). The van der Waals surface area contributed by atoms with Gasteiger partial charge >= 0.3 is 5.69 Å². The van der Waals surface area contributed by atoms with Gasteiger partial charge in [0.2, 0.25) is 0 Å². The van der Waals surface area contributed by atoms with Gasteiger partial charge in [-0.3, -0.25) is 4.98 Å². The quantitative estimate of drug-likeness (QED) is 0.752. The Labute approximate surface area is 120 Å². The fourth-order valence-corrected chi connectivity index (χ4v) is 2.20. The van der Waals surface area contributed by atoms with Crippen molar-refractivity contribution in [1.82, 2.24) is 19.2 Å². The van der Waals surface area contributed by atoms with E-state index in [2.05, 4.69) is 10.1 Å². The molecule has 0 saturated carbocycles. The van der Waals surface area contributed by atoms with E-state index in [1.54, 1.807) is 31.5 Å².